The van der Waals surface area contributed by atoms with E-state index < -0.39 is 5.97 Å². The molecule has 0 saturated carbocycles. The van der Waals surface area contributed by atoms with Gasteiger partial charge in [-0.2, -0.15) is 0 Å². The Labute approximate surface area is 92.5 Å². The van der Waals surface area contributed by atoms with Gasteiger partial charge in [-0.3, -0.25) is 4.79 Å². The predicted octanol–water partition coefficient (Wildman–Crippen LogP) is 1.61. The van der Waals surface area contributed by atoms with Crippen molar-refractivity contribution in [1.29, 1.82) is 0 Å². The van der Waals surface area contributed by atoms with Crippen LogP contribution >= 0.6 is 15.9 Å². The number of nitrogens with zero attached hydrogens (tertiary/aromatic N) is 2. The number of carboxylic acid groups (broad SMARTS) is 1. The molecule has 0 radical (unpaired) electrons. The van der Waals surface area contributed by atoms with E-state index in [4.69, 9.17) is 5.11 Å². The average molecular weight is 269 g/mol. The highest BCUT2D eigenvalue weighted by molar-refractivity contribution is 9.10. The van der Waals surface area contributed by atoms with Crippen LogP contribution in [0.5, 0.6) is 0 Å². The van der Waals surface area contributed by atoms with Crippen molar-refractivity contribution in [3.8, 4) is 0 Å². The molecule has 0 aliphatic heterocycles. The van der Waals surface area contributed by atoms with Crippen molar-refractivity contribution in [1.82, 2.24) is 9.38 Å². The van der Waals surface area contributed by atoms with Crippen molar-refractivity contribution in [3.05, 3.63) is 34.2 Å². The molecule has 0 saturated heterocycles. The minimum Gasteiger partial charge on any atom is -0.478 e. The van der Waals surface area contributed by atoms with E-state index in [1.54, 1.807) is 10.6 Å². The number of fused-ring (bicyclic) bond motifs is 1. The van der Waals surface area contributed by atoms with E-state index in [-0.39, 0.29) is 11.3 Å². The van der Waals surface area contributed by atoms with E-state index in [0.29, 0.717) is 16.4 Å². The Hall–Kier alpha value is -1.69. The monoisotopic (exact) mass is 268 g/mol. The molecule has 0 aromatic carbocycles. The number of pyridine rings is 1. The van der Waals surface area contributed by atoms with Crippen molar-refractivity contribution >= 4 is 33.8 Å². The van der Waals surface area contributed by atoms with Gasteiger partial charge in [0, 0.05) is 16.9 Å². The molecule has 15 heavy (non-hydrogen) atoms. The predicted molar refractivity (Wildman–Crippen MR) is 55.2 cm³/mol. The number of carbonyl (C=O) groups is 2. The van der Waals surface area contributed by atoms with Gasteiger partial charge in [0.25, 0.3) is 0 Å². The normalized spacial score (nSPS) is 10.5. The quantitative estimate of drug-likeness (QED) is 0.840. The van der Waals surface area contributed by atoms with Crippen molar-refractivity contribution in [3.63, 3.8) is 0 Å². The van der Waals surface area contributed by atoms with E-state index in [1.165, 1.54) is 12.3 Å². The molecule has 0 aliphatic rings. The minimum atomic E-state index is -1.04. The number of rotatable bonds is 2. The first-order chi connectivity index (χ1) is 7.11. The van der Waals surface area contributed by atoms with Crippen LogP contribution < -0.4 is 0 Å². The average Bonchev–Trinajstić information content (AvgIpc) is 2.58. The lowest BCUT2D eigenvalue weighted by atomic mass is 10.3. The zero-order valence-electron chi connectivity index (χ0n) is 7.35. The summed E-state index contributed by atoms with van der Waals surface area (Å²) in [6, 6.07) is 1.40. The molecular formula is C9H5BrN2O3. The van der Waals surface area contributed by atoms with Crippen LogP contribution in [-0.2, 0) is 0 Å². The highest BCUT2D eigenvalue weighted by Gasteiger charge is 2.11. The second-order valence-corrected chi connectivity index (χ2v) is 3.74. The number of hydrogen-bond donors (Lipinski definition) is 1. The third-order valence-corrected chi connectivity index (χ3v) is 2.55. The molecule has 6 heteroatoms. The van der Waals surface area contributed by atoms with Gasteiger partial charge in [-0.1, -0.05) is 0 Å². The third-order valence-electron chi connectivity index (χ3n) is 1.91. The molecule has 2 rings (SSSR count). The summed E-state index contributed by atoms with van der Waals surface area (Å²) in [6.45, 7) is 0. The Balaban J connectivity index is 2.73. The number of carboxylic acids is 1. The van der Waals surface area contributed by atoms with Gasteiger partial charge in [-0.05, 0) is 22.0 Å². The van der Waals surface area contributed by atoms with E-state index in [1.807, 2.05) is 0 Å². The highest BCUT2D eigenvalue weighted by Crippen LogP contribution is 2.18. The van der Waals surface area contributed by atoms with Crippen LogP contribution in [0.2, 0.25) is 0 Å². The molecule has 0 aliphatic carbocycles. The van der Waals surface area contributed by atoms with Gasteiger partial charge in [-0.15, -0.1) is 0 Å². The number of carbonyl (C=O) groups excluding carboxylic acids is 1. The van der Waals surface area contributed by atoms with Gasteiger partial charge >= 0.3 is 5.97 Å². The van der Waals surface area contributed by atoms with Crippen LogP contribution in [-0.4, -0.2) is 26.7 Å². The third kappa shape index (κ3) is 1.63. The fourth-order valence-corrected chi connectivity index (χ4v) is 1.75. The van der Waals surface area contributed by atoms with Gasteiger partial charge in [0.05, 0.1) is 5.56 Å². The van der Waals surface area contributed by atoms with Crippen LogP contribution in [0.1, 0.15) is 20.8 Å². The largest absolute Gasteiger partial charge is 0.478 e. The Morgan fingerprint density at radius 1 is 1.53 bits per heavy atom. The molecule has 0 fully saturated rings. The number of imidazole rings is 1. The molecule has 0 amide bonds. The molecule has 0 atom stereocenters. The molecule has 0 unspecified atom stereocenters. The summed E-state index contributed by atoms with van der Waals surface area (Å²) < 4.78 is 2.03. The highest BCUT2D eigenvalue weighted by atomic mass is 79.9. The minimum absolute atomic E-state index is 0.116. The number of hydrogen-bond acceptors (Lipinski definition) is 3. The Morgan fingerprint density at radius 3 is 2.87 bits per heavy atom. The maximum atomic E-state index is 10.8. The number of aromatic carboxylic acids is 1. The second kappa shape index (κ2) is 3.47. The van der Waals surface area contributed by atoms with Crippen molar-refractivity contribution in [2.24, 2.45) is 0 Å². The first kappa shape index (κ1) is 9.85. The van der Waals surface area contributed by atoms with Crippen LogP contribution in [0.4, 0.5) is 0 Å². The molecule has 0 spiro atoms. The zero-order valence-corrected chi connectivity index (χ0v) is 8.93. The smallest absolute Gasteiger partial charge is 0.337 e. The van der Waals surface area contributed by atoms with Gasteiger partial charge < -0.3 is 9.51 Å². The summed E-state index contributed by atoms with van der Waals surface area (Å²) in [6.07, 6.45) is 3.69. The fourth-order valence-electron chi connectivity index (χ4n) is 1.25. The van der Waals surface area contributed by atoms with Gasteiger partial charge in [-0.25, -0.2) is 9.78 Å². The van der Waals surface area contributed by atoms with E-state index in [0.717, 1.165) is 0 Å². The summed E-state index contributed by atoms with van der Waals surface area (Å²) in [5.74, 6) is -1.04. The summed E-state index contributed by atoms with van der Waals surface area (Å²) in [7, 11) is 0. The first-order valence-corrected chi connectivity index (χ1v) is 4.78. The Morgan fingerprint density at radius 2 is 2.27 bits per heavy atom. The molecule has 2 heterocycles. The number of aldehydes is 1. The first-order valence-electron chi connectivity index (χ1n) is 3.98. The lowest BCUT2D eigenvalue weighted by molar-refractivity contribution is 0.0695. The Bertz CT molecular complexity index is 562. The molecule has 0 bridgehead atoms. The lowest BCUT2D eigenvalue weighted by Gasteiger charge is -1.99. The van der Waals surface area contributed by atoms with Crippen LogP contribution in [0.25, 0.3) is 5.65 Å². The molecule has 2 aromatic heterocycles. The summed E-state index contributed by atoms with van der Waals surface area (Å²) in [5, 5.41) is 8.85. The lowest BCUT2D eigenvalue weighted by Crippen LogP contribution is -1.99. The van der Waals surface area contributed by atoms with Crippen LogP contribution in [0, 0.1) is 0 Å². The standard InChI is InChI=1S/C9H5BrN2O3/c10-7-3-12-2-5(4-13)11-8(12)1-6(7)9(14)15/h1-4H,(H,14,15). The van der Waals surface area contributed by atoms with Crippen molar-refractivity contribution < 1.29 is 14.7 Å². The maximum Gasteiger partial charge on any atom is 0.337 e. The summed E-state index contributed by atoms with van der Waals surface area (Å²) in [4.78, 5) is 25.2. The topological polar surface area (TPSA) is 71.7 Å². The van der Waals surface area contributed by atoms with E-state index in [9.17, 15) is 9.59 Å². The van der Waals surface area contributed by atoms with Crippen molar-refractivity contribution in [2.75, 3.05) is 0 Å². The maximum absolute atomic E-state index is 10.8. The molecule has 2 aromatic rings. The van der Waals surface area contributed by atoms with Crippen LogP contribution in [0.15, 0.2) is 22.9 Å². The van der Waals surface area contributed by atoms with Crippen LogP contribution in [0.3, 0.4) is 0 Å². The molecular weight excluding hydrogens is 264 g/mol. The molecule has 5 nitrogen and oxygen atoms in total. The molecule has 76 valence electrons. The van der Waals surface area contributed by atoms with Crippen molar-refractivity contribution in [2.45, 2.75) is 0 Å². The second-order valence-electron chi connectivity index (χ2n) is 2.89. The van der Waals surface area contributed by atoms with Gasteiger partial charge in [0.1, 0.15) is 11.3 Å². The van der Waals surface area contributed by atoms with E-state index >= 15 is 0 Å². The SMILES string of the molecule is O=Cc1cn2cc(Br)c(C(=O)O)cc2n1. The summed E-state index contributed by atoms with van der Waals surface area (Å²) >= 11 is 3.13. The Kier molecular flexibility index (Phi) is 2.28. The van der Waals surface area contributed by atoms with E-state index in [2.05, 4.69) is 20.9 Å². The van der Waals surface area contributed by atoms with Gasteiger partial charge in [0.2, 0.25) is 0 Å². The number of halogens is 1. The summed E-state index contributed by atoms with van der Waals surface area (Å²) in [5.41, 5.74) is 0.813. The van der Waals surface area contributed by atoms with Gasteiger partial charge in [0.15, 0.2) is 6.29 Å². The fraction of sp³-hybridized carbons (Fsp3) is 0. The molecule has 1 N–H and O–H groups in total. The zero-order chi connectivity index (χ0) is 11.0. The number of aromatic nitrogens is 2.